The number of hydrogen-bond acceptors (Lipinski definition) is 6. The maximum absolute atomic E-state index is 5.78. The fourth-order valence-corrected chi connectivity index (χ4v) is 3.18. The molecule has 4 aromatic rings. The second kappa shape index (κ2) is 15.0. The van der Waals surface area contributed by atoms with Crippen molar-refractivity contribution in [3.63, 3.8) is 0 Å². The number of hydrogen-bond donors (Lipinski definition) is 0. The number of nitrogens with zero attached hydrogens (tertiary/aromatic N) is 5. The van der Waals surface area contributed by atoms with Crippen molar-refractivity contribution in [2.24, 2.45) is 7.05 Å². The van der Waals surface area contributed by atoms with E-state index >= 15 is 0 Å². The molecule has 0 fully saturated rings. The summed E-state index contributed by atoms with van der Waals surface area (Å²) in [6, 6.07) is 15.3. The van der Waals surface area contributed by atoms with E-state index < -0.39 is 0 Å². The highest BCUT2D eigenvalue weighted by molar-refractivity contribution is 7.21. The Bertz CT molecular complexity index is 982. The molecule has 0 aliphatic heterocycles. The van der Waals surface area contributed by atoms with E-state index in [1.807, 2.05) is 115 Å². The van der Waals surface area contributed by atoms with Crippen LogP contribution in [0.15, 0.2) is 54.7 Å². The van der Waals surface area contributed by atoms with E-state index in [1.54, 1.807) is 4.68 Å². The molecule has 0 aliphatic carbocycles. The SMILES string of the molecule is C.CC.CC.CC.CN(c1ccn(C)n1)c1nc2ccc(Oc3ccccc3)nc2s1. The number of para-hydroxylation sites is 1. The average molecular weight is 444 g/mol. The number of aromatic nitrogens is 4. The number of rotatable bonds is 4. The van der Waals surface area contributed by atoms with Crippen molar-refractivity contribution >= 4 is 32.6 Å². The van der Waals surface area contributed by atoms with Crippen LogP contribution in [0.1, 0.15) is 49.0 Å². The molecule has 0 amide bonds. The number of anilines is 2. The molecule has 7 heteroatoms. The quantitative estimate of drug-likeness (QED) is 0.323. The van der Waals surface area contributed by atoms with Crippen LogP contribution in [-0.2, 0) is 7.05 Å². The fraction of sp³-hybridized carbons (Fsp3) is 0.375. The molecule has 0 unspecified atom stereocenters. The minimum absolute atomic E-state index is 0. The lowest BCUT2D eigenvalue weighted by Crippen LogP contribution is -2.09. The summed E-state index contributed by atoms with van der Waals surface area (Å²) >= 11 is 1.51. The maximum atomic E-state index is 5.78. The smallest absolute Gasteiger partial charge is 0.220 e. The third-order valence-electron chi connectivity index (χ3n) is 3.51. The van der Waals surface area contributed by atoms with Gasteiger partial charge in [-0.1, -0.05) is 78.5 Å². The zero-order valence-corrected chi connectivity index (χ0v) is 20.1. The van der Waals surface area contributed by atoms with Gasteiger partial charge in [0.2, 0.25) is 5.88 Å². The molecule has 0 saturated heterocycles. The Balaban J connectivity index is 0.00000119. The molecule has 0 radical (unpaired) electrons. The Morgan fingerprint density at radius 1 is 0.871 bits per heavy atom. The standard InChI is InChI=1S/C17H15N5OS.3C2H6.CH4/c1-21-11-10-14(20-21)22(2)17-18-13-8-9-15(19-16(13)24-17)23-12-6-4-3-5-7-12;3*1-2;/h3-11H,1-2H3;3*1-2H3;1H4. The van der Waals surface area contributed by atoms with Gasteiger partial charge in [-0.05, 0) is 18.2 Å². The Hall–Kier alpha value is -2.93. The Morgan fingerprint density at radius 2 is 1.52 bits per heavy atom. The first kappa shape index (κ1) is 28.1. The highest BCUT2D eigenvalue weighted by Gasteiger charge is 2.13. The van der Waals surface area contributed by atoms with Gasteiger partial charge in [0.1, 0.15) is 16.1 Å². The van der Waals surface area contributed by atoms with Crippen molar-refractivity contribution < 1.29 is 4.74 Å². The molecule has 3 aromatic heterocycles. The highest BCUT2D eigenvalue weighted by Crippen LogP contribution is 2.32. The molecule has 4 rings (SSSR count). The van der Waals surface area contributed by atoms with Crippen LogP contribution in [0.5, 0.6) is 11.6 Å². The van der Waals surface area contributed by atoms with Gasteiger partial charge in [0.25, 0.3) is 0 Å². The minimum Gasteiger partial charge on any atom is -0.439 e. The zero-order valence-electron chi connectivity index (χ0n) is 19.2. The van der Waals surface area contributed by atoms with E-state index in [-0.39, 0.29) is 7.43 Å². The number of aryl methyl sites for hydroxylation is 1. The Kier molecular flexibility index (Phi) is 13.5. The monoisotopic (exact) mass is 443 g/mol. The van der Waals surface area contributed by atoms with Gasteiger partial charge in [0.05, 0.1) is 0 Å². The van der Waals surface area contributed by atoms with E-state index in [0.717, 1.165) is 27.0 Å². The number of fused-ring (bicyclic) bond motifs is 1. The molecular weight excluding hydrogens is 406 g/mol. The fourth-order valence-electron chi connectivity index (χ4n) is 2.28. The van der Waals surface area contributed by atoms with E-state index in [1.165, 1.54) is 11.3 Å². The van der Waals surface area contributed by atoms with Gasteiger partial charge in [0, 0.05) is 32.4 Å². The molecule has 0 bridgehead atoms. The normalized spacial score (nSPS) is 9.03. The van der Waals surface area contributed by atoms with Crippen LogP contribution >= 0.6 is 11.3 Å². The molecule has 0 N–H and O–H groups in total. The number of pyridine rings is 1. The van der Waals surface area contributed by atoms with Gasteiger partial charge in [-0.25, -0.2) is 9.97 Å². The molecule has 0 saturated carbocycles. The third-order valence-corrected chi connectivity index (χ3v) is 4.56. The summed E-state index contributed by atoms with van der Waals surface area (Å²) in [6.45, 7) is 12.0. The summed E-state index contributed by atoms with van der Waals surface area (Å²) in [7, 11) is 3.84. The van der Waals surface area contributed by atoms with Gasteiger partial charge in [-0.3, -0.25) is 4.68 Å². The van der Waals surface area contributed by atoms with E-state index in [9.17, 15) is 0 Å². The number of ether oxygens (including phenoxy) is 1. The Morgan fingerprint density at radius 3 is 2.10 bits per heavy atom. The lowest BCUT2D eigenvalue weighted by molar-refractivity contribution is 0.465. The van der Waals surface area contributed by atoms with E-state index in [4.69, 9.17) is 4.74 Å². The molecule has 0 spiro atoms. The summed E-state index contributed by atoms with van der Waals surface area (Å²) < 4.78 is 7.55. The predicted molar refractivity (Wildman–Crippen MR) is 136 cm³/mol. The summed E-state index contributed by atoms with van der Waals surface area (Å²) in [6.07, 6.45) is 1.91. The van der Waals surface area contributed by atoms with Crippen molar-refractivity contribution in [2.75, 3.05) is 11.9 Å². The summed E-state index contributed by atoms with van der Waals surface area (Å²) in [5.41, 5.74) is 0.846. The lowest BCUT2D eigenvalue weighted by Gasteiger charge is -2.11. The summed E-state index contributed by atoms with van der Waals surface area (Å²) in [4.78, 5) is 12.0. The molecule has 6 nitrogen and oxygen atoms in total. The van der Waals surface area contributed by atoms with Crippen molar-refractivity contribution in [1.29, 1.82) is 0 Å². The van der Waals surface area contributed by atoms with Crippen molar-refractivity contribution in [2.45, 2.75) is 49.0 Å². The topological polar surface area (TPSA) is 56.1 Å². The zero-order chi connectivity index (χ0) is 22.5. The van der Waals surface area contributed by atoms with Gasteiger partial charge in [0.15, 0.2) is 10.9 Å². The molecule has 0 atom stereocenters. The number of thiazole rings is 1. The third kappa shape index (κ3) is 7.68. The molecule has 0 aliphatic rings. The molecule has 31 heavy (non-hydrogen) atoms. The van der Waals surface area contributed by atoms with Crippen LogP contribution in [0.2, 0.25) is 0 Å². The Labute approximate surface area is 191 Å². The number of benzene rings is 1. The van der Waals surface area contributed by atoms with Gasteiger partial charge < -0.3 is 9.64 Å². The minimum atomic E-state index is 0. The van der Waals surface area contributed by atoms with E-state index in [2.05, 4.69) is 15.1 Å². The maximum Gasteiger partial charge on any atom is 0.220 e. The van der Waals surface area contributed by atoms with Crippen LogP contribution < -0.4 is 9.64 Å². The summed E-state index contributed by atoms with van der Waals surface area (Å²) in [5.74, 6) is 2.17. The first-order chi connectivity index (χ1) is 14.7. The van der Waals surface area contributed by atoms with Gasteiger partial charge >= 0.3 is 0 Å². The first-order valence-corrected chi connectivity index (χ1v) is 11.2. The van der Waals surface area contributed by atoms with Crippen molar-refractivity contribution in [3.05, 3.63) is 54.7 Å². The predicted octanol–water partition coefficient (Wildman–Crippen LogP) is 7.70. The molecule has 1 aromatic carbocycles. The second-order valence-corrected chi connectivity index (χ2v) is 6.25. The molecule has 3 heterocycles. The molecule has 170 valence electrons. The second-order valence-electron chi connectivity index (χ2n) is 5.29. The van der Waals surface area contributed by atoms with Crippen LogP contribution in [0.25, 0.3) is 10.3 Å². The van der Waals surface area contributed by atoms with Crippen LogP contribution in [0.4, 0.5) is 10.9 Å². The van der Waals surface area contributed by atoms with Crippen molar-refractivity contribution in [1.82, 2.24) is 19.7 Å². The van der Waals surface area contributed by atoms with Crippen LogP contribution in [0.3, 0.4) is 0 Å². The van der Waals surface area contributed by atoms with Crippen molar-refractivity contribution in [3.8, 4) is 11.6 Å². The van der Waals surface area contributed by atoms with Crippen LogP contribution in [0, 0.1) is 0 Å². The van der Waals surface area contributed by atoms with E-state index in [0.29, 0.717) is 5.88 Å². The van der Waals surface area contributed by atoms with Gasteiger partial charge in [-0.15, -0.1) is 0 Å². The first-order valence-electron chi connectivity index (χ1n) is 10.4. The molecular formula is C24H37N5OS. The summed E-state index contributed by atoms with van der Waals surface area (Å²) in [5, 5.41) is 5.24. The highest BCUT2D eigenvalue weighted by atomic mass is 32.1. The van der Waals surface area contributed by atoms with Gasteiger partial charge in [-0.2, -0.15) is 5.10 Å². The average Bonchev–Trinajstić information content (AvgIpc) is 3.44. The lowest BCUT2D eigenvalue weighted by atomic mass is 10.3. The van der Waals surface area contributed by atoms with Crippen LogP contribution in [-0.4, -0.2) is 26.8 Å². The largest absolute Gasteiger partial charge is 0.439 e.